The van der Waals surface area contributed by atoms with Crippen molar-refractivity contribution in [3.8, 4) is 0 Å². The fourth-order valence-electron chi connectivity index (χ4n) is 1.67. The van der Waals surface area contributed by atoms with Gasteiger partial charge in [0.15, 0.2) is 6.61 Å². The summed E-state index contributed by atoms with van der Waals surface area (Å²) in [6.07, 6.45) is 2.25. The van der Waals surface area contributed by atoms with E-state index in [9.17, 15) is 18.0 Å². The van der Waals surface area contributed by atoms with Crippen molar-refractivity contribution in [2.75, 3.05) is 6.61 Å². The summed E-state index contributed by atoms with van der Waals surface area (Å²) in [5.74, 6) is -0.409. The number of carbonyl (C=O) groups is 1. The monoisotopic (exact) mass is 280 g/mol. The van der Waals surface area contributed by atoms with E-state index in [1.54, 1.807) is 6.08 Å². The molecule has 112 valence electrons. The van der Waals surface area contributed by atoms with Gasteiger partial charge in [0, 0.05) is 5.57 Å². The molecule has 0 aliphatic rings. The van der Waals surface area contributed by atoms with E-state index in [0.29, 0.717) is 12.3 Å². The second-order valence-electron chi connectivity index (χ2n) is 4.73. The number of ether oxygens (including phenoxy) is 1. The average Bonchev–Trinajstić information content (AvgIpc) is 2.35. The molecule has 0 bridgehead atoms. The number of alkyl halides is 3. The van der Waals surface area contributed by atoms with Crippen molar-refractivity contribution < 1.29 is 22.7 Å². The van der Waals surface area contributed by atoms with Crippen LogP contribution in [-0.4, -0.2) is 18.8 Å². The van der Waals surface area contributed by atoms with Gasteiger partial charge in [-0.05, 0) is 19.3 Å². The second kappa shape index (κ2) is 8.99. The van der Waals surface area contributed by atoms with Crippen LogP contribution in [0.1, 0.15) is 52.9 Å². The molecule has 0 spiro atoms. The Kier molecular flexibility index (Phi) is 8.52. The van der Waals surface area contributed by atoms with E-state index in [1.165, 1.54) is 6.92 Å². The molecule has 2 nitrogen and oxygen atoms in total. The third-order valence-corrected chi connectivity index (χ3v) is 2.99. The summed E-state index contributed by atoms with van der Waals surface area (Å²) in [5, 5.41) is 0. The highest BCUT2D eigenvalue weighted by molar-refractivity contribution is 5.87. The summed E-state index contributed by atoms with van der Waals surface area (Å²) in [5.41, 5.74) is 0.249. The summed E-state index contributed by atoms with van der Waals surface area (Å²) in [6, 6.07) is 0. The highest BCUT2D eigenvalue weighted by Crippen LogP contribution is 2.19. The molecule has 1 unspecified atom stereocenters. The van der Waals surface area contributed by atoms with Crippen molar-refractivity contribution in [2.24, 2.45) is 5.92 Å². The molecule has 0 aliphatic heterocycles. The number of unbranched alkanes of at least 4 members (excludes halogenated alkanes) is 1. The molecule has 1 atom stereocenters. The molecule has 0 aromatic carbocycles. The van der Waals surface area contributed by atoms with Crippen LogP contribution in [0.5, 0.6) is 0 Å². The summed E-state index contributed by atoms with van der Waals surface area (Å²) >= 11 is 0. The van der Waals surface area contributed by atoms with E-state index in [1.807, 2.05) is 0 Å². The van der Waals surface area contributed by atoms with Gasteiger partial charge in [-0.1, -0.05) is 45.6 Å². The van der Waals surface area contributed by atoms with Crippen molar-refractivity contribution in [1.82, 2.24) is 0 Å². The van der Waals surface area contributed by atoms with E-state index in [0.717, 1.165) is 25.7 Å². The molecule has 0 aromatic rings. The Morgan fingerprint density at radius 3 is 2.42 bits per heavy atom. The standard InChI is InChI=1S/C14H23F3O2/c1-4-6-7-12(5-2)9-8-11(3)13(18)19-10-14(15,16)17/h8,12H,4-7,9-10H2,1-3H3. The second-order valence-corrected chi connectivity index (χ2v) is 4.73. The first kappa shape index (κ1) is 18.0. The normalized spacial score (nSPS) is 14.3. The molecule has 0 saturated heterocycles. The van der Waals surface area contributed by atoms with E-state index in [2.05, 4.69) is 18.6 Å². The van der Waals surface area contributed by atoms with E-state index in [-0.39, 0.29) is 5.57 Å². The zero-order chi connectivity index (χ0) is 14.9. The van der Waals surface area contributed by atoms with Crippen LogP contribution in [-0.2, 0) is 9.53 Å². The lowest BCUT2D eigenvalue weighted by molar-refractivity contribution is -0.183. The molecule has 0 amide bonds. The summed E-state index contributed by atoms with van der Waals surface area (Å²) in [6.45, 7) is 4.16. The molecular weight excluding hydrogens is 257 g/mol. The van der Waals surface area contributed by atoms with Crippen LogP contribution in [0.15, 0.2) is 11.6 Å². The van der Waals surface area contributed by atoms with E-state index >= 15 is 0 Å². The summed E-state index contributed by atoms with van der Waals surface area (Å²) < 4.78 is 39.9. The van der Waals surface area contributed by atoms with Gasteiger partial charge in [-0.2, -0.15) is 13.2 Å². The zero-order valence-corrected chi connectivity index (χ0v) is 11.8. The maximum atomic E-state index is 11.9. The maximum Gasteiger partial charge on any atom is 0.422 e. The van der Waals surface area contributed by atoms with Crippen molar-refractivity contribution >= 4 is 5.97 Å². The highest BCUT2D eigenvalue weighted by Gasteiger charge is 2.29. The number of hydrogen-bond donors (Lipinski definition) is 0. The van der Waals surface area contributed by atoms with Gasteiger partial charge < -0.3 is 4.74 Å². The van der Waals surface area contributed by atoms with Gasteiger partial charge in [-0.3, -0.25) is 0 Å². The fourth-order valence-corrected chi connectivity index (χ4v) is 1.67. The van der Waals surface area contributed by atoms with Crippen molar-refractivity contribution in [3.63, 3.8) is 0 Å². The molecule has 0 aliphatic carbocycles. The molecular formula is C14H23F3O2. The Bertz CT molecular complexity index is 296. The van der Waals surface area contributed by atoms with Gasteiger partial charge in [0.25, 0.3) is 0 Å². The van der Waals surface area contributed by atoms with Crippen molar-refractivity contribution in [3.05, 3.63) is 11.6 Å². The van der Waals surface area contributed by atoms with Gasteiger partial charge >= 0.3 is 12.1 Å². The number of halogens is 3. The highest BCUT2D eigenvalue weighted by atomic mass is 19.4. The third kappa shape index (κ3) is 9.56. The Labute approximate surface area is 113 Å². The first-order valence-electron chi connectivity index (χ1n) is 6.70. The van der Waals surface area contributed by atoms with Crippen LogP contribution in [0.4, 0.5) is 13.2 Å². The summed E-state index contributed by atoms with van der Waals surface area (Å²) in [4.78, 5) is 11.3. The van der Waals surface area contributed by atoms with Gasteiger partial charge in [0.2, 0.25) is 0 Å². The molecule has 0 radical (unpaired) electrons. The Morgan fingerprint density at radius 1 is 1.32 bits per heavy atom. The molecule has 0 saturated carbocycles. The number of rotatable bonds is 8. The smallest absolute Gasteiger partial charge is 0.422 e. The fraction of sp³-hybridized carbons (Fsp3) is 0.786. The lowest BCUT2D eigenvalue weighted by Gasteiger charge is -2.12. The van der Waals surface area contributed by atoms with Gasteiger partial charge in [0.1, 0.15) is 0 Å². The minimum Gasteiger partial charge on any atom is -0.453 e. The molecule has 0 fully saturated rings. The van der Waals surface area contributed by atoms with Gasteiger partial charge in [-0.15, -0.1) is 0 Å². The molecule has 0 rings (SSSR count). The van der Waals surface area contributed by atoms with Crippen LogP contribution in [0.2, 0.25) is 0 Å². The van der Waals surface area contributed by atoms with Crippen LogP contribution >= 0.6 is 0 Å². The van der Waals surface area contributed by atoms with Crippen LogP contribution in [0.25, 0.3) is 0 Å². The number of esters is 1. The quantitative estimate of drug-likeness (QED) is 0.478. The average molecular weight is 280 g/mol. The van der Waals surface area contributed by atoms with Gasteiger partial charge in [-0.25, -0.2) is 4.79 Å². The van der Waals surface area contributed by atoms with Crippen molar-refractivity contribution in [2.45, 2.75) is 59.1 Å². The third-order valence-electron chi connectivity index (χ3n) is 2.99. The number of carbonyl (C=O) groups excluding carboxylic acids is 1. The van der Waals surface area contributed by atoms with Crippen LogP contribution in [0, 0.1) is 5.92 Å². The largest absolute Gasteiger partial charge is 0.453 e. The van der Waals surface area contributed by atoms with Crippen LogP contribution < -0.4 is 0 Å². The molecule has 0 heterocycles. The molecule has 5 heteroatoms. The minimum atomic E-state index is -4.47. The number of hydrogen-bond acceptors (Lipinski definition) is 2. The first-order chi connectivity index (χ1) is 8.80. The summed E-state index contributed by atoms with van der Waals surface area (Å²) in [7, 11) is 0. The number of allylic oxidation sites excluding steroid dienone is 1. The SMILES string of the molecule is CCCCC(CC)CC=C(C)C(=O)OCC(F)(F)F. The Morgan fingerprint density at radius 2 is 1.95 bits per heavy atom. The zero-order valence-electron chi connectivity index (χ0n) is 11.8. The van der Waals surface area contributed by atoms with Crippen molar-refractivity contribution in [1.29, 1.82) is 0 Å². The van der Waals surface area contributed by atoms with E-state index in [4.69, 9.17) is 0 Å². The molecule has 0 aromatic heterocycles. The predicted octanol–water partition coefficient (Wildman–Crippen LogP) is 4.64. The minimum absolute atomic E-state index is 0.249. The maximum absolute atomic E-state index is 11.9. The lowest BCUT2D eigenvalue weighted by Crippen LogP contribution is -2.20. The Hall–Kier alpha value is -1.00. The molecule has 0 N–H and O–H groups in total. The van der Waals surface area contributed by atoms with E-state index < -0.39 is 18.8 Å². The topological polar surface area (TPSA) is 26.3 Å². The Balaban J connectivity index is 4.19. The van der Waals surface area contributed by atoms with Gasteiger partial charge in [0.05, 0.1) is 0 Å². The lowest BCUT2D eigenvalue weighted by atomic mass is 9.95. The van der Waals surface area contributed by atoms with Crippen LogP contribution in [0.3, 0.4) is 0 Å². The predicted molar refractivity (Wildman–Crippen MR) is 68.7 cm³/mol. The molecule has 19 heavy (non-hydrogen) atoms. The first-order valence-corrected chi connectivity index (χ1v) is 6.70.